The largest absolute Gasteiger partial charge is 0.398 e. The number of hydrogen-bond donors (Lipinski definition) is 2. The fourth-order valence-electron chi connectivity index (χ4n) is 1.75. The minimum atomic E-state index is -4.47. The van der Waals surface area contributed by atoms with Gasteiger partial charge in [0.2, 0.25) is 0 Å². The van der Waals surface area contributed by atoms with E-state index in [-0.39, 0.29) is 6.10 Å². The molecule has 0 aromatic heterocycles. The number of aliphatic hydroxyl groups is 1. The number of halogens is 1. The number of aliphatic hydroxyl groups excluding tert-OH is 1. The van der Waals surface area contributed by atoms with Crippen LogP contribution in [0.3, 0.4) is 0 Å². The molecule has 0 saturated carbocycles. The molecule has 1 aromatic rings. The average molecular weight is 408 g/mol. The first-order chi connectivity index (χ1) is 12.4. The second kappa shape index (κ2) is 11.9. The number of nitrogens with two attached hydrogens (primary N) is 1. The first-order valence-electron chi connectivity index (χ1n) is 8.31. The molecular weight excluding hydrogens is 379 g/mol. The lowest BCUT2D eigenvalue weighted by Crippen LogP contribution is -2.40. The number of benzene rings is 1. The van der Waals surface area contributed by atoms with Gasteiger partial charge in [-0.2, -0.15) is 8.42 Å². The second-order valence-corrected chi connectivity index (χ2v) is 7.67. The summed E-state index contributed by atoms with van der Waals surface area (Å²) in [5.74, 6) is -1.34. The lowest BCUT2D eigenvalue weighted by Gasteiger charge is -2.22. The number of carbonyl (C=O) groups is 1. The first kappa shape index (κ1) is 25.2. The van der Waals surface area contributed by atoms with Gasteiger partial charge in [0.25, 0.3) is 0 Å². The van der Waals surface area contributed by atoms with Crippen LogP contribution in [0.1, 0.15) is 31.9 Å². The lowest BCUT2D eigenvalue weighted by molar-refractivity contribution is -0.137. The Morgan fingerprint density at radius 1 is 1.26 bits per heavy atom. The lowest BCUT2D eigenvalue weighted by atomic mass is 10.1. The van der Waals surface area contributed by atoms with Crippen molar-refractivity contribution in [2.45, 2.75) is 46.9 Å². The van der Waals surface area contributed by atoms with Gasteiger partial charge in [0.05, 0.1) is 12.6 Å². The van der Waals surface area contributed by atoms with Gasteiger partial charge in [0.1, 0.15) is 19.5 Å². The predicted octanol–water partition coefficient (Wildman–Crippen LogP) is 1.69. The van der Waals surface area contributed by atoms with Gasteiger partial charge < -0.3 is 19.8 Å². The summed E-state index contributed by atoms with van der Waals surface area (Å²) < 4.78 is 45.6. The topological polar surface area (TPSA) is 119 Å². The fraction of sp³-hybridized carbons (Fsp3) is 0.588. The first-order valence-corrected chi connectivity index (χ1v) is 9.67. The Labute approximate surface area is 160 Å². The number of para-hydroxylation sites is 1. The Balaban J connectivity index is 0.000000621. The summed E-state index contributed by atoms with van der Waals surface area (Å²) in [6, 6.07) is 6.05. The maximum atomic E-state index is 12.9. The molecule has 1 aromatic carbocycles. The summed E-state index contributed by atoms with van der Waals surface area (Å²) in [7, 11) is -4.47. The summed E-state index contributed by atoms with van der Waals surface area (Å²) in [4.78, 5) is 10.7. The third-order valence-corrected chi connectivity index (χ3v) is 4.48. The van der Waals surface area contributed by atoms with Gasteiger partial charge in [-0.3, -0.25) is 0 Å². The summed E-state index contributed by atoms with van der Waals surface area (Å²) in [5, 5.41) is 8.42. The number of carbonyl (C=O) groups excluding carboxylic acids is 1. The van der Waals surface area contributed by atoms with Crippen LogP contribution in [0.4, 0.5) is 10.1 Å². The molecule has 0 aliphatic rings. The molecule has 0 spiro atoms. The normalized spacial score (nSPS) is 12.5. The van der Waals surface area contributed by atoms with Crippen LogP contribution in [0.25, 0.3) is 0 Å². The maximum Gasteiger partial charge on any atom is 0.389 e. The number of ether oxygens (including phenoxy) is 1. The monoisotopic (exact) mass is 408 g/mol. The number of aryl methyl sites for hydroxylation is 2. The van der Waals surface area contributed by atoms with Crippen LogP contribution in [-0.4, -0.2) is 56.0 Å². The number of alkyl halides is 1. The highest BCUT2D eigenvalue weighted by atomic mass is 32.2. The van der Waals surface area contributed by atoms with Gasteiger partial charge in [-0.25, -0.2) is 9.18 Å². The molecule has 0 saturated heterocycles. The van der Waals surface area contributed by atoms with E-state index in [0.29, 0.717) is 4.31 Å². The van der Waals surface area contributed by atoms with Crippen molar-refractivity contribution in [2.75, 3.05) is 25.6 Å². The van der Waals surface area contributed by atoms with Crippen molar-refractivity contribution in [3.63, 3.8) is 0 Å². The smallest absolute Gasteiger partial charge is 0.389 e. The van der Waals surface area contributed by atoms with E-state index in [0.717, 1.165) is 23.7 Å². The number of anilines is 1. The van der Waals surface area contributed by atoms with Crippen LogP contribution >= 0.6 is 0 Å². The Hall–Kier alpha value is -1.75. The molecule has 0 amide bonds. The molecule has 10 heteroatoms. The van der Waals surface area contributed by atoms with E-state index >= 15 is 0 Å². The molecular formula is C17H29FN2O6S. The van der Waals surface area contributed by atoms with Crippen molar-refractivity contribution < 1.29 is 31.6 Å². The molecule has 0 fully saturated rings. The molecule has 1 atom stereocenters. The van der Waals surface area contributed by atoms with E-state index in [1.807, 2.05) is 32.0 Å². The molecule has 27 heavy (non-hydrogen) atoms. The van der Waals surface area contributed by atoms with Gasteiger partial charge in [0.15, 0.2) is 0 Å². The zero-order valence-electron chi connectivity index (χ0n) is 16.3. The van der Waals surface area contributed by atoms with E-state index in [1.54, 1.807) is 13.8 Å². The van der Waals surface area contributed by atoms with Crippen molar-refractivity contribution in [3.8, 4) is 0 Å². The summed E-state index contributed by atoms with van der Waals surface area (Å²) in [6.07, 6.45) is -1.73. The van der Waals surface area contributed by atoms with E-state index in [9.17, 15) is 17.6 Å². The molecule has 0 aliphatic carbocycles. The molecule has 0 heterocycles. The number of rotatable bonds is 8. The van der Waals surface area contributed by atoms with Gasteiger partial charge in [0, 0.05) is 5.69 Å². The second-order valence-electron chi connectivity index (χ2n) is 6.14. The van der Waals surface area contributed by atoms with Crippen molar-refractivity contribution in [1.29, 1.82) is 0 Å². The highest BCUT2D eigenvalue weighted by molar-refractivity contribution is 7.84. The molecule has 0 aliphatic heterocycles. The predicted molar refractivity (Wildman–Crippen MR) is 101 cm³/mol. The van der Waals surface area contributed by atoms with Gasteiger partial charge in [-0.15, -0.1) is 4.31 Å². The van der Waals surface area contributed by atoms with Crippen molar-refractivity contribution >= 4 is 22.0 Å². The zero-order chi connectivity index (χ0) is 21.2. The van der Waals surface area contributed by atoms with E-state index < -0.39 is 42.3 Å². The van der Waals surface area contributed by atoms with Gasteiger partial charge in [-0.05, 0) is 45.7 Å². The Morgan fingerprint density at radius 2 is 1.78 bits per heavy atom. The molecule has 1 rings (SSSR count). The van der Waals surface area contributed by atoms with Gasteiger partial charge >= 0.3 is 16.3 Å². The van der Waals surface area contributed by atoms with Crippen LogP contribution in [0.5, 0.6) is 0 Å². The maximum absolute atomic E-state index is 12.9. The van der Waals surface area contributed by atoms with Crippen LogP contribution in [-0.2, 0) is 24.0 Å². The summed E-state index contributed by atoms with van der Waals surface area (Å²) in [5.41, 5.74) is 8.92. The number of nitrogen functional groups attached to an aromatic ring is 1. The van der Waals surface area contributed by atoms with E-state index in [2.05, 4.69) is 4.18 Å². The molecule has 0 radical (unpaired) electrons. The minimum Gasteiger partial charge on any atom is -0.398 e. The van der Waals surface area contributed by atoms with E-state index in [1.165, 1.54) is 0 Å². The molecule has 3 N–H and O–H groups in total. The summed E-state index contributed by atoms with van der Waals surface area (Å²) >= 11 is 0. The standard InChI is InChI=1S/C9H18FNO6S.C8H11N/c1-7(2)16-6-11(4-8(3)10)18(14,15)17-9(13)5-12;1-6-4-3-5-7(2)8(6)9/h7-8,12H,4-6H2,1-3H3;3-5H,9H2,1-2H3. The third kappa shape index (κ3) is 10.2. The van der Waals surface area contributed by atoms with Crippen molar-refractivity contribution in [3.05, 3.63) is 29.3 Å². The average Bonchev–Trinajstić information content (AvgIpc) is 2.55. The highest BCUT2D eigenvalue weighted by Crippen LogP contribution is 2.13. The third-order valence-electron chi connectivity index (χ3n) is 3.19. The SMILES string of the molecule is CC(F)CN(COC(C)C)S(=O)(=O)OC(=O)CO.Cc1cccc(C)c1N. The van der Waals surface area contributed by atoms with Crippen LogP contribution in [0.15, 0.2) is 18.2 Å². The van der Waals surface area contributed by atoms with Crippen LogP contribution in [0, 0.1) is 13.8 Å². The molecule has 8 nitrogen and oxygen atoms in total. The number of hydrogen-bond acceptors (Lipinski definition) is 7. The Bertz CT molecular complexity index is 674. The highest BCUT2D eigenvalue weighted by Gasteiger charge is 2.28. The Kier molecular flexibility index (Phi) is 11.1. The molecule has 0 bridgehead atoms. The Morgan fingerprint density at radius 3 is 2.15 bits per heavy atom. The van der Waals surface area contributed by atoms with Crippen molar-refractivity contribution in [2.24, 2.45) is 0 Å². The number of nitrogens with zero attached hydrogens (tertiary/aromatic N) is 1. The fourth-order valence-corrected chi connectivity index (χ4v) is 2.72. The molecule has 1 unspecified atom stereocenters. The van der Waals surface area contributed by atoms with Crippen molar-refractivity contribution in [1.82, 2.24) is 4.31 Å². The quantitative estimate of drug-likeness (QED) is 0.496. The molecule has 156 valence electrons. The minimum absolute atomic E-state index is 0.272. The van der Waals surface area contributed by atoms with Crippen LogP contribution < -0.4 is 5.73 Å². The summed E-state index contributed by atoms with van der Waals surface area (Å²) in [6.45, 7) is 6.51. The zero-order valence-corrected chi connectivity index (χ0v) is 17.1. The van der Waals surface area contributed by atoms with Gasteiger partial charge in [-0.1, -0.05) is 18.2 Å². The van der Waals surface area contributed by atoms with E-state index in [4.69, 9.17) is 15.6 Å². The van der Waals surface area contributed by atoms with Crippen LogP contribution in [0.2, 0.25) is 0 Å².